The smallest absolute Gasteiger partial charge is 0.264 e. The van der Waals surface area contributed by atoms with Crippen LogP contribution in [0.5, 0.6) is 0 Å². The van der Waals surface area contributed by atoms with Crippen molar-refractivity contribution in [2.75, 3.05) is 11.1 Å². The van der Waals surface area contributed by atoms with Gasteiger partial charge in [0.1, 0.15) is 16.4 Å². The van der Waals surface area contributed by atoms with Crippen molar-refractivity contribution in [1.82, 2.24) is 0 Å². The second kappa shape index (κ2) is 5.79. The Bertz CT molecular complexity index is 634. The Kier molecular flexibility index (Phi) is 4.11. The van der Waals surface area contributed by atoms with E-state index in [-0.39, 0.29) is 0 Å². The highest BCUT2D eigenvalue weighted by molar-refractivity contribution is 8.03. The van der Waals surface area contributed by atoms with Crippen LogP contribution in [0.4, 0.5) is 5.69 Å². The van der Waals surface area contributed by atoms with Crippen LogP contribution in [-0.2, 0) is 0 Å². The lowest BCUT2D eigenvalue weighted by Crippen LogP contribution is -1.99. The molecule has 0 aliphatic heterocycles. The van der Waals surface area contributed by atoms with Crippen LogP contribution < -0.4 is 5.32 Å². The summed E-state index contributed by atoms with van der Waals surface area (Å²) >= 11 is 1.40. The average molecular weight is 278 g/mol. The lowest BCUT2D eigenvalue weighted by Gasteiger charge is -2.07. The Balaban J connectivity index is 2.25. The molecule has 0 unspecified atom stereocenters. The number of nitrogens with one attached hydrogen (secondary N) is 1. The Morgan fingerprint density at radius 2 is 2.32 bits per heavy atom. The van der Waals surface area contributed by atoms with Crippen molar-refractivity contribution < 1.29 is 9.34 Å². The van der Waals surface area contributed by atoms with Gasteiger partial charge in [0.2, 0.25) is 0 Å². The summed E-state index contributed by atoms with van der Waals surface area (Å²) in [5, 5.41) is 15.1. The number of hydrogen-bond acceptors (Lipinski definition) is 5. The first-order chi connectivity index (χ1) is 9.08. The Hall–Kier alpha value is -1.95. The summed E-state index contributed by atoms with van der Waals surface area (Å²) < 4.78 is 5.48. The maximum absolute atomic E-state index is 10.6. The first-order valence-corrected chi connectivity index (χ1v) is 6.82. The van der Waals surface area contributed by atoms with Crippen LogP contribution in [-0.4, -0.2) is 10.7 Å². The normalized spacial score (nSPS) is 11.8. The van der Waals surface area contributed by atoms with Crippen LogP contribution in [0.3, 0.4) is 0 Å². The van der Waals surface area contributed by atoms with E-state index in [1.807, 2.05) is 38.1 Å². The molecule has 0 fully saturated rings. The lowest BCUT2D eigenvalue weighted by molar-refractivity contribution is -0.402. The molecule has 0 atom stereocenters. The summed E-state index contributed by atoms with van der Waals surface area (Å²) in [5.41, 5.74) is 1.62. The van der Waals surface area contributed by atoms with Gasteiger partial charge >= 0.3 is 0 Å². The summed E-state index contributed by atoms with van der Waals surface area (Å²) in [6.45, 7) is 3.83. The minimum absolute atomic E-state index is 0.453. The van der Waals surface area contributed by atoms with Gasteiger partial charge in [0, 0.05) is 11.1 Å². The van der Waals surface area contributed by atoms with Crippen LogP contribution >= 0.6 is 11.8 Å². The van der Waals surface area contributed by atoms with Crippen molar-refractivity contribution in [1.29, 1.82) is 0 Å². The van der Waals surface area contributed by atoms with Gasteiger partial charge in [0.25, 0.3) is 6.20 Å². The number of fused-ring (bicyclic) bond motifs is 1. The van der Waals surface area contributed by atoms with Crippen molar-refractivity contribution in [3.8, 4) is 0 Å². The fourth-order valence-electron chi connectivity index (χ4n) is 1.75. The minimum Gasteiger partial charge on any atom is -0.461 e. The molecule has 0 saturated carbocycles. The minimum atomic E-state index is -0.453. The van der Waals surface area contributed by atoms with E-state index in [0.29, 0.717) is 5.03 Å². The van der Waals surface area contributed by atoms with Gasteiger partial charge < -0.3 is 9.73 Å². The predicted molar refractivity (Wildman–Crippen MR) is 77.8 cm³/mol. The molecule has 1 aromatic heterocycles. The highest BCUT2D eigenvalue weighted by Crippen LogP contribution is 2.25. The largest absolute Gasteiger partial charge is 0.461 e. The number of rotatable bonds is 5. The van der Waals surface area contributed by atoms with Gasteiger partial charge in [0.05, 0.1) is 4.92 Å². The van der Waals surface area contributed by atoms with Gasteiger partial charge in [-0.2, -0.15) is 0 Å². The molecule has 0 spiro atoms. The molecule has 0 saturated heterocycles. The Labute approximate surface area is 114 Å². The predicted octanol–water partition coefficient (Wildman–Crippen LogP) is 3.98. The molecule has 0 bridgehead atoms. The zero-order valence-corrected chi connectivity index (χ0v) is 11.5. The van der Waals surface area contributed by atoms with E-state index in [9.17, 15) is 10.1 Å². The topological polar surface area (TPSA) is 68.3 Å². The summed E-state index contributed by atoms with van der Waals surface area (Å²) in [4.78, 5) is 10.1. The van der Waals surface area contributed by atoms with Gasteiger partial charge in [-0.3, -0.25) is 10.1 Å². The van der Waals surface area contributed by atoms with E-state index in [0.717, 1.165) is 34.4 Å². The third-order valence-corrected chi connectivity index (χ3v) is 3.24. The van der Waals surface area contributed by atoms with E-state index in [1.54, 1.807) is 0 Å². The molecule has 5 nitrogen and oxygen atoms in total. The number of nitrogens with zero attached hydrogens (tertiary/aromatic N) is 1. The number of benzene rings is 1. The van der Waals surface area contributed by atoms with Crippen LogP contribution in [0.15, 0.2) is 39.9 Å². The molecule has 2 aromatic rings. The monoisotopic (exact) mass is 278 g/mol. The third-order valence-electron chi connectivity index (χ3n) is 2.43. The summed E-state index contributed by atoms with van der Waals surface area (Å²) in [6.07, 6.45) is 0.985. The molecule has 1 heterocycles. The zero-order valence-electron chi connectivity index (χ0n) is 10.7. The molecule has 1 aromatic carbocycles. The first kappa shape index (κ1) is 13.5. The first-order valence-electron chi connectivity index (χ1n) is 5.84. The molecule has 100 valence electrons. The second-order valence-corrected chi connectivity index (χ2v) is 5.25. The van der Waals surface area contributed by atoms with Crippen molar-refractivity contribution >= 4 is 28.4 Å². The van der Waals surface area contributed by atoms with E-state index >= 15 is 0 Å². The maximum Gasteiger partial charge on any atom is 0.264 e. The highest BCUT2D eigenvalue weighted by Gasteiger charge is 2.06. The van der Waals surface area contributed by atoms with Crippen molar-refractivity contribution in [2.24, 2.45) is 0 Å². The van der Waals surface area contributed by atoms with Gasteiger partial charge in [-0.05, 0) is 36.9 Å². The van der Waals surface area contributed by atoms with Gasteiger partial charge in [-0.25, -0.2) is 0 Å². The number of thioether (sulfide) groups is 1. The fourth-order valence-corrected chi connectivity index (χ4v) is 2.41. The van der Waals surface area contributed by atoms with E-state index < -0.39 is 4.92 Å². The molecular weight excluding hydrogens is 264 g/mol. The second-order valence-electron chi connectivity index (χ2n) is 3.95. The molecule has 6 heteroatoms. The van der Waals surface area contributed by atoms with Crippen LogP contribution in [0.1, 0.15) is 12.7 Å². The fraction of sp³-hybridized carbons (Fsp3) is 0.231. The van der Waals surface area contributed by atoms with E-state index in [2.05, 4.69) is 5.32 Å². The summed E-state index contributed by atoms with van der Waals surface area (Å²) in [6, 6.07) is 7.54. The Morgan fingerprint density at radius 3 is 3.00 bits per heavy atom. The zero-order chi connectivity index (χ0) is 13.8. The molecule has 1 N–H and O–H groups in total. The van der Waals surface area contributed by atoms with Gasteiger partial charge in [-0.1, -0.05) is 6.92 Å². The van der Waals surface area contributed by atoms with Gasteiger partial charge in [0.15, 0.2) is 0 Å². The standard InChI is InChI=1S/C13H14N2O3S/c1-3-19-13(8-15(16)17)14-11-4-5-12-10(7-11)6-9(2)18-12/h4-8,14H,3H2,1-2H3/b13-8+. The molecule has 0 radical (unpaired) electrons. The van der Waals surface area contributed by atoms with Crippen LogP contribution in [0.2, 0.25) is 0 Å². The molecule has 2 rings (SSSR count). The maximum atomic E-state index is 10.6. The highest BCUT2D eigenvalue weighted by atomic mass is 32.2. The summed E-state index contributed by atoms with van der Waals surface area (Å²) in [5.74, 6) is 1.61. The SMILES string of the molecule is CCS/C(=C/[N+](=O)[O-])Nc1ccc2oc(C)cc2c1. The van der Waals surface area contributed by atoms with E-state index in [4.69, 9.17) is 4.42 Å². The molecule has 19 heavy (non-hydrogen) atoms. The van der Waals surface area contributed by atoms with Gasteiger partial charge in [-0.15, -0.1) is 11.8 Å². The van der Waals surface area contributed by atoms with Crippen LogP contribution in [0.25, 0.3) is 11.0 Å². The molecule has 0 aliphatic rings. The molecule has 0 aliphatic carbocycles. The lowest BCUT2D eigenvalue weighted by atomic mass is 10.2. The van der Waals surface area contributed by atoms with E-state index in [1.165, 1.54) is 11.8 Å². The van der Waals surface area contributed by atoms with Crippen LogP contribution in [0, 0.1) is 17.0 Å². The average Bonchev–Trinajstić information content (AvgIpc) is 2.68. The molecule has 0 amide bonds. The molecular formula is C13H14N2O3S. The van der Waals surface area contributed by atoms with Crippen molar-refractivity contribution in [3.05, 3.63) is 51.4 Å². The quantitative estimate of drug-likeness (QED) is 0.661. The number of anilines is 1. The van der Waals surface area contributed by atoms with Crippen molar-refractivity contribution in [3.63, 3.8) is 0 Å². The number of nitro groups is 1. The summed E-state index contributed by atoms with van der Waals surface area (Å²) in [7, 11) is 0. The third kappa shape index (κ3) is 3.51. The number of hydrogen-bond donors (Lipinski definition) is 1. The number of furan rings is 1. The number of aryl methyl sites for hydroxylation is 1. The van der Waals surface area contributed by atoms with Crippen molar-refractivity contribution in [2.45, 2.75) is 13.8 Å². The Morgan fingerprint density at radius 1 is 1.53 bits per heavy atom.